The maximum Gasteiger partial charge on any atom is 0.236 e. The number of carbonyl (C=O) groups is 1. The SMILES string of the molecule is CS(=O)(=O)NC(=O)CC1CNCCO1. The van der Waals surface area contributed by atoms with Crippen LogP contribution in [-0.2, 0) is 19.6 Å². The zero-order chi connectivity index (χ0) is 10.6. The molecule has 0 spiro atoms. The Morgan fingerprint density at radius 1 is 1.64 bits per heavy atom. The maximum absolute atomic E-state index is 11.1. The number of sulfonamides is 1. The molecule has 0 aromatic carbocycles. The van der Waals surface area contributed by atoms with Gasteiger partial charge in [0, 0.05) is 13.1 Å². The van der Waals surface area contributed by atoms with Gasteiger partial charge in [-0.2, -0.15) is 0 Å². The first-order valence-electron chi connectivity index (χ1n) is 4.30. The van der Waals surface area contributed by atoms with E-state index in [0.717, 1.165) is 12.8 Å². The minimum absolute atomic E-state index is 0.0695. The molecule has 1 atom stereocenters. The van der Waals surface area contributed by atoms with Gasteiger partial charge in [-0.25, -0.2) is 8.42 Å². The summed E-state index contributed by atoms with van der Waals surface area (Å²) in [5.41, 5.74) is 0. The third-order valence-electron chi connectivity index (χ3n) is 1.72. The van der Waals surface area contributed by atoms with E-state index in [1.54, 1.807) is 0 Å². The summed E-state index contributed by atoms with van der Waals surface area (Å²) in [4.78, 5) is 11.1. The fourth-order valence-electron chi connectivity index (χ4n) is 1.21. The Morgan fingerprint density at radius 3 is 2.86 bits per heavy atom. The van der Waals surface area contributed by atoms with Crippen LogP contribution in [0.2, 0.25) is 0 Å². The number of nitrogens with one attached hydrogen (secondary N) is 2. The summed E-state index contributed by atoms with van der Waals surface area (Å²) < 4.78 is 28.5. The number of amides is 1. The lowest BCUT2D eigenvalue weighted by Crippen LogP contribution is -2.42. The molecule has 0 aromatic rings. The normalized spacial score (nSPS) is 23.1. The number of hydrogen-bond acceptors (Lipinski definition) is 5. The first-order chi connectivity index (χ1) is 6.47. The van der Waals surface area contributed by atoms with Crippen molar-refractivity contribution >= 4 is 15.9 Å². The predicted octanol–water partition coefficient (Wildman–Crippen LogP) is -1.56. The smallest absolute Gasteiger partial charge is 0.236 e. The van der Waals surface area contributed by atoms with Gasteiger partial charge in [-0.1, -0.05) is 0 Å². The third-order valence-corrected chi connectivity index (χ3v) is 2.32. The topological polar surface area (TPSA) is 84.5 Å². The molecule has 6 nitrogen and oxygen atoms in total. The number of carbonyl (C=O) groups excluding carboxylic acids is 1. The van der Waals surface area contributed by atoms with E-state index in [0.29, 0.717) is 13.2 Å². The monoisotopic (exact) mass is 222 g/mol. The number of hydrogen-bond donors (Lipinski definition) is 2. The minimum Gasteiger partial charge on any atom is -0.375 e. The molecule has 0 aromatic heterocycles. The van der Waals surface area contributed by atoms with E-state index in [4.69, 9.17) is 4.74 Å². The molecule has 0 saturated carbocycles. The van der Waals surface area contributed by atoms with Crippen molar-refractivity contribution in [2.24, 2.45) is 0 Å². The summed E-state index contributed by atoms with van der Waals surface area (Å²) in [6.45, 7) is 1.90. The van der Waals surface area contributed by atoms with Crippen LogP contribution in [0, 0.1) is 0 Å². The van der Waals surface area contributed by atoms with Gasteiger partial charge in [-0.05, 0) is 0 Å². The maximum atomic E-state index is 11.1. The van der Waals surface area contributed by atoms with Crippen LogP contribution in [0.5, 0.6) is 0 Å². The van der Waals surface area contributed by atoms with Gasteiger partial charge in [-0.3, -0.25) is 9.52 Å². The van der Waals surface area contributed by atoms with Gasteiger partial charge < -0.3 is 10.1 Å². The minimum atomic E-state index is -3.45. The second-order valence-corrected chi connectivity index (χ2v) is 4.95. The van der Waals surface area contributed by atoms with Crippen molar-refractivity contribution in [2.45, 2.75) is 12.5 Å². The van der Waals surface area contributed by atoms with Crippen molar-refractivity contribution in [3.63, 3.8) is 0 Å². The van der Waals surface area contributed by atoms with Gasteiger partial charge >= 0.3 is 0 Å². The summed E-state index contributed by atoms with van der Waals surface area (Å²) in [5.74, 6) is -0.527. The van der Waals surface area contributed by atoms with E-state index in [1.807, 2.05) is 4.72 Å². The van der Waals surface area contributed by atoms with Crippen LogP contribution in [0.15, 0.2) is 0 Å². The van der Waals surface area contributed by atoms with E-state index >= 15 is 0 Å². The highest BCUT2D eigenvalue weighted by Gasteiger charge is 2.18. The lowest BCUT2D eigenvalue weighted by atomic mass is 10.2. The molecule has 0 aliphatic carbocycles. The summed E-state index contributed by atoms with van der Waals surface area (Å²) in [7, 11) is -3.45. The van der Waals surface area contributed by atoms with Crippen molar-refractivity contribution in [3.8, 4) is 0 Å². The summed E-state index contributed by atoms with van der Waals surface area (Å²) >= 11 is 0. The molecule has 0 radical (unpaired) electrons. The van der Waals surface area contributed by atoms with Crippen molar-refractivity contribution < 1.29 is 17.9 Å². The molecule has 1 rings (SSSR count). The quantitative estimate of drug-likeness (QED) is 0.603. The van der Waals surface area contributed by atoms with Crippen molar-refractivity contribution in [2.75, 3.05) is 26.0 Å². The Morgan fingerprint density at radius 2 is 2.36 bits per heavy atom. The fraction of sp³-hybridized carbons (Fsp3) is 0.857. The van der Waals surface area contributed by atoms with Gasteiger partial charge in [0.05, 0.1) is 25.4 Å². The van der Waals surface area contributed by atoms with Crippen molar-refractivity contribution in [1.82, 2.24) is 10.0 Å². The van der Waals surface area contributed by atoms with Crippen LogP contribution in [0.4, 0.5) is 0 Å². The number of rotatable bonds is 3. The summed E-state index contributed by atoms with van der Waals surface area (Å²) in [6, 6.07) is 0. The third kappa shape index (κ3) is 4.54. The zero-order valence-corrected chi connectivity index (χ0v) is 8.76. The second-order valence-electron chi connectivity index (χ2n) is 3.20. The van der Waals surface area contributed by atoms with E-state index in [2.05, 4.69) is 5.32 Å². The predicted molar refractivity (Wildman–Crippen MR) is 50.2 cm³/mol. The van der Waals surface area contributed by atoms with Crippen molar-refractivity contribution in [1.29, 1.82) is 0 Å². The summed E-state index contributed by atoms with van der Waals surface area (Å²) in [6.07, 6.45) is 0.788. The molecule has 1 amide bonds. The highest BCUT2D eigenvalue weighted by Crippen LogP contribution is 2.01. The Bertz CT molecular complexity index is 295. The molecule has 1 heterocycles. The van der Waals surface area contributed by atoms with Crippen LogP contribution in [-0.4, -0.2) is 46.4 Å². The number of morpholine rings is 1. The molecule has 1 saturated heterocycles. The van der Waals surface area contributed by atoms with Crippen LogP contribution in [0.3, 0.4) is 0 Å². The largest absolute Gasteiger partial charge is 0.375 e. The van der Waals surface area contributed by atoms with Crippen LogP contribution < -0.4 is 10.0 Å². The molecule has 1 fully saturated rings. The average Bonchev–Trinajstić information content (AvgIpc) is 2.02. The average molecular weight is 222 g/mol. The molecular weight excluding hydrogens is 208 g/mol. The Balaban J connectivity index is 2.32. The Labute approximate surface area is 83.1 Å². The Hall–Kier alpha value is -0.660. The molecule has 2 N–H and O–H groups in total. The molecule has 7 heteroatoms. The standard InChI is InChI=1S/C7H14N2O4S/c1-14(11,12)9-7(10)4-6-5-8-2-3-13-6/h6,8H,2-5H2,1H3,(H,9,10). The molecule has 1 aliphatic heterocycles. The van der Waals surface area contributed by atoms with Crippen molar-refractivity contribution in [3.05, 3.63) is 0 Å². The Kier molecular flexibility index (Phi) is 3.85. The molecule has 14 heavy (non-hydrogen) atoms. The zero-order valence-electron chi connectivity index (χ0n) is 7.95. The summed E-state index contributed by atoms with van der Waals surface area (Å²) in [5, 5.41) is 3.05. The van der Waals surface area contributed by atoms with E-state index < -0.39 is 15.9 Å². The van der Waals surface area contributed by atoms with Crippen LogP contribution in [0.1, 0.15) is 6.42 Å². The first-order valence-corrected chi connectivity index (χ1v) is 6.19. The first kappa shape index (κ1) is 11.4. The highest BCUT2D eigenvalue weighted by atomic mass is 32.2. The van der Waals surface area contributed by atoms with Gasteiger partial charge in [0.15, 0.2) is 0 Å². The van der Waals surface area contributed by atoms with E-state index in [-0.39, 0.29) is 12.5 Å². The molecule has 1 unspecified atom stereocenters. The van der Waals surface area contributed by atoms with Crippen LogP contribution in [0.25, 0.3) is 0 Å². The fourth-order valence-corrected chi connectivity index (χ4v) is 1.70. The molecular formula is C7H14N2O4S. The van der Waals surface area contributed by atoms with E-state index in [1.165, 1.54) is 0 Å². The van der Waals surface area contributed by atoms with E-state index in [9.17, 15) is 13.2 Å². The van der Waals surface area contributed by atoms with Gasteiger partial charge in [-0.15, -0.1) is 0 Å². The molecule has 1 aliphatic rings. The second kappa shape index (κ2) is 4.72. The van der Waals surface area contributed by atoms with Crippen LogP contribution >= 0.6 is 0 Å². The number of ether oxygens (including phenoxy) is 1. The lowest BCUT2D eigenvalue weighted by Gasteiger charge is -2.22. The van der Waals surface area contributed by atoms with Gasteiger partial charge in [0.25, 0.3) is 0 Å². The van der Waals surface area contributed by atoms with Gasteiger partial charge in [0.2, 0.25) is 15.9 Å². The molecule has 82 valence electrons. The lowest BCUT2D eigenvalue weighted by molar-refractivity contribution is -0.122. The van der Waals surface area contributed by atoms with Gasteiger partial charge in [0.1, 0.15) is 0 Å². The highest BCUT2D eigenvalue weighted by molar-refractivity contribution is 7.89. The molecule has 0 bridgehead atoms.